The number of aryl methyl sites for hydroxylation is 2. The summed E-state index contributed by atoms with van der Waals surface area (Å²) < 4.78 is 15.4. The molecule has 21 heavy (non-hydrogen) atoms. The highest BCUT2D eigenvalue weighted by Crippen LogP contribution is 2.36. The molecular weight excluding hydrogens is 285 g/mol. The fourth-order valence-electron chi connectivity index (χ4n) is 2.88. The molecule has 112 valence electrons. The zero-order chi connectivity index (χ0) is 15.0. The fraction of sp³-hybridized carbons (Fsp3) is 0.438. The monoisotopic (exact) mass is 305 g/mol. The highest BCUT2D eigenvalue weighted by molar-refractivity contribution is 7.99. The van der Waals surface area contributed by atoms with Crippen molar-refractivity contribution < 1.29 is 4.39 Å². The van der Waals surface area contributed by atoms with Crippen LogP contribution in [-0.2, 0) is 13.6 Å². The minimum absolute atomic E-state index is 0.156. The van der Waals surface area contributed by atoms with E-state index in [1.165, 1.54) is 16.2 Å². The second-order valence-electron chi connectivity index (χ2n) is 5.53. The topological polar surface area (TPSA) is 29.9 Å². The van der Waals surface area contributed by atoms with Crippen LogP contribution in [-0.4, -0.2) is 15.5 Å². The van der Waals surface area contributed by atoms with Crippen LogP contribution in [0.3, 0.4) is 0 Å². The van der Waals surface area contributed by atoms with Crippen LogP contribution in [0.2, 0.25) is 0 Å². The van der Waals surface area contributed by atoms with E-state index in [0.29, 0.717) is 0 Å². The molecule has 3 rings (SSSR count). The minimum atomic E-state index is -0.156. The van der Waals surface area contributed by atoms with E-state index in [4.69, 9.17) is 0 Å². The highest BCUT2D eigenvalue weighted by Gasteiger charge is 2.21. The molecule has 1 aliphatic heterocycles. The van der Waals surface area contributed by atoms with Crippen LogP contribution < -0.4 is 5.32 Å². The molecule has 5 heteroatoms. The quantitative estimate of drug-likeness (QED) is 0.941. The van der Waals surface area contributed by atoms with Crippen LogP contribution in [0.1, 0.15) is 35.0 Å². The first-order valence-electron chi connectivity index (χ1n) is 7.21. The van der Waals surface area contributed by atoms with E-state index in [0.717, 1.165) is 30.0 Å². The van der Waals surface area contributed by atoms with Gasteiger partial charge in [0.15, 0.2) is 0 Å². The molecule has 1 aromatic carbocycles. The Morgan fingerprint density at radius 3 is 2.95 bits per heavy atom. The van der Waals surface area contributed by atoms with E-state index >= 15 is 0 Å². The normalized spacial score (nSPS) is 17.8. The van der Waals surface area contributed by atoms with E-state index in [2.05, 4.69) is 17.3 Å². The second-order valence-corrected chi connectivity index (χ2v) is 6.66. The van der Waals surface area contributed by atoms with Gasteiger partial charge in [-0.3, -0.25) is 4.68 Å². The van der Waals surface area contributed by atoms with Crippen molar-refractivity contribution >= 4 is 11.8 Å². The lowest BCUT2D eigenvalue weighted by Crippen LogP contribution is -2.24. The first-order chi connectivity index (χ1) is 10.1. The van der Waals surface area contributed by atoms with Gasteiger partial charge in [-0.2, -0.15) is 5.10 Å². The zero-order valence-electron chi connectivity index (χ0n) is 12.6. The third kappa shape index (κ3) is 2.85. The van der Waals surface area contributed by atoms with Gasteiger partial charge in [0.1, 0.15) is 5.82 Å². The smallest absolute Gasteiger partial charge is 0.123 e. The minimum Gasteiger partial charge on any atom is -0.306 e. The first-order valence-corrected chi connectivity index (χ1v) is 8.19. The molecular formula is C16H20FN3S. The van der Waals surface area contributed by atoms with Crippen LogP contribution in [0.15, 0.2) is 23.1 Å². The largest absolute Gasteiger partial charge is 0.306 e. The molecule has 0 fully saturated rings. The number of hydrogen-bond donors (Lipinski definition) is 1. The van der Waals surface area contributed by atoms with Gasteiger partial charge < -0.3 is 5.32 Å². The van der Waals surface area contributed by atoms with E-state index in [-0.39, 0.29) is 11.9 Å². The first kappa shape index (κ1) is 14.6. The zero-order valence-corrected chi connectivity index (χ0v) is 13.4. The van der Waals surface area contributed by atoms with Crippen molar-refractivity contribution in [3.8, 4) is 0 Å². The maximum atomic E-state index is 13.5. The molecule has 0 spiro atoms. The Labute approximate surface area is 128 Å². The fourth-order valence-corrected chi connectivity index (χ4v) is 3.98. The highest BCUT2D eigenvalue weighted by atomic mass is 32.2. The number of aromatic nitrogens is 2. The number of thioether (sulfide) groups is 1. The van der Waals surface area contributed by atoms with Crippen LogP contribution in [0.5, 0.6) is 0 Å². The molecule has 1 aliphatic rings. The Hall–Kier alpha value is -1.33. The molecule has 2 aromatic rings. The molecule has 3 nitrogen and oxygen atoms in total. The summed E-state index contributed by atoms with van der Waals surface area (Å²) in [7, 11) is 1.97. The van der Waals surface area contributed by atoms with E-state index in [1.54, 1.807) is 12.1 Å². The second kappa shape index (κ2) is 5.81. The van der Waals surface area contributed by atoms with Crippen LogP contribution >= 0.6 is 11.8 Å². The summed E-state index contributed by atoms with van der Waals surface area (Å²) in [6.45, 7) is 4.90. The average Bonchev–Trinajstić information content (AvgIpc) is 2.70. The Kier molecular flexibility index (Phi) is 4.04. The van der Waals surface area contributed by atoms with E-state index in [1.807, 2.05) is 36.5 Å². The van der Waals surface area contributed by atoms with Gasteiger partial charge in [-0.15, -0.1) is 11.8 Å². The van der Waals surface area contributed by atoms with Gasteiger partial charge in [0.2, 0.25) is 0 Å². The summed E-state index contributed by atoms with van der Waals surface area (Å²) in [4.78, 5) is 1.19. The van der Waals surface area contributed by atoms with Crippen LogP contribution in [0.4, 0.5) is 4.39 Å². The van der Waals surface area contributed by atoms with Gasteiger partial charge in [-0.05, 0) is 49.8 Å². The number of halogens is 1. The number of fused-ring (bicyclic) bond motifs is 1. The summed E-state index contributed by atoms with van der Waals surface area (Å²) in [6.07, 6.45) is 1.03. The molecule has 0 saturated carbocycles. The lowest BCUT2D eigenvalue weighted by molar-refractivity contribution is 0.503. The van der Waals surface area contributed by atoms with Gasteiger partial charge in [-0.25, -0.2) is 4.39 Å². The van der Waals surface area contributed by atoms with Gasteiger partial charge in [0.05, 0.1) is 5.69 Å². The van der Waals surface area contributed by atoms with Crippen molar-refractivity contribution in [2.75, 3.05) is 5.75 Å². The molecule has 0 bridgehead atoms. The summed E-state index contributed by atoms with van der Waals surface area (Å²) >= 11 is 1.81. The summed E-state index contributed by atoms with van der Waals surface area (Å²) in [5.74, 6) is 0.915. The van der Waals surface area contributed by atoms with Gasteiger partial charge >= 0.3 is 0 Å². The van der Waals surface area contributed by atoms with Crippen molar-refractivity contribution in [2.45, 2.75) is 37.8 Å². The molecule has 1 atom stereocenters. The molecule has 0 radical (unpaired) electrons. The van der Waals surface area contributed by atoms with Gasteiger partial charge in [0.25, 0.3) is 0 Å². The Morgan fingerprint density at radius 2 is 2.24 bits per heavy atom. The SMILES string of the molecule is Cc1nn(C)c(C)c1CNC1CCSc2ccc(F)cc21. The lowest BCUT2D eigenvalue weighted by Gasteiger charge is -2.26. The number of rotatable bonds is 3. The maximum Gasteiger partial charge on any atom is 0.123 e. The molecule has 1 aromatic heterocycles. The number of nitrogens with zero attached hydrogens (tertiary/aromatic N) is 2. The van der Waals surface area contributed by atoms with Crippen molar-refractivity contribution in [2.24, 2.45) is 7.05 Å². The predicted octanol–water partition coefficient (Wildman–Crippen LogP) is 3.50. The molecule has 0 aliphatic carbocycles. The Balaban J connectivity index is 1.79. The van der Waals surface area contributed by atoms with Crippen LogP contribution in [0, 0.1) is 19.7 Å². The Bertz CT molecular complexity index is 666. The van der Waals surface area contributed by atoms with Crippen LogP contribution in [0.25, 0.3) is 0 Å². The van der Waals surface area contributed by atoms with E-state index < -0.39 is 0 Å². The summed E-state index contributed by atoms with van der Waals surface area (Å²) in [5.41, 5.74) is 4.58. The summed E-state index contributed by atoms with van der Waals surface area (Å²) in [5, 5.41) is 8.03. The Morgan fingerprint density at radius 1 is 1.43 bits per heavy atom. The van der Waals surface area contributed by atoms with Crippen molar-refractivity contribution in [1.82, 2.24) is 15.1 Å². The summed E-state index contributed by atoms with van der Waals surface area (Å²) in [6, 6.07) is 5.33. The standard InChI is InChI=1S/C16H20FN3S/c1-10-14(11(2)20(3)19-10)9-18-15-6-7-21-16-5-4-12(17)8-13(15)16/h4-5,8,15,18H,6-7,9H2,1-3H3. The number of nitrogens with one attached hydrogen (secondary N) is 1. The predicted molar refractivity (Wildman–Crippen MR) is 84.0 cm³/mol. The van der Waals surface area contributed by atoms with Crippen molar-refractivity contribution in [1.29, 1.82) is 0 Å². The van der Waals surface area contributed by atoms with E-state index in [9.17, 15) is 4.39 Å². The third-order valence-electron chi connectivity index (χ3n) is 4.20. The molecule has 1 unspecified atom stereocenters. The maximum absolute atomic E-state index is 13.5. The van der Waals surface area contributed by atoms with Gasteiger partial charge in [0, 0.05) is 35.8 Å². The molecule has 0 saturated heterocycles. The average molecular weight is 305 g/mol. The lowest BCUT2D eigenvalue weighted by atomic mass is 10.0. The van der Waals surface area contributed by atoms with Crippen molar-refractivity contribution in [3.05, 3.63) is 46.5 Å². The third-order valence-corrected chi connectivity index (χ3v) is 5.32. The number of benzene rings is 1. The molecule has 2 heterocycles. The van der Waals surface area contributed by atoms with Gasteiger partial charge in [-0.1, -0.05) is 0 Å². The van der Waals surface area contributed by atoms with Crippen molar-refractivity contribution in [3.63, 3.8) is 0 Å². The molecule has 0 amide bonds. The number of hydrogen-bond acceptors (Lipinski definition) is 3. The molecule has 1 N–H and O–H groups in total.